The van der Waals surface area contributed by atoms with E-state index in [0.29, 0.717) is 30.1 Å². The Morgan fingerprint density at radius 3 is 2.46 bits per heavy atom. The molecule has 1 saturated heterocycles. The van der Waals surface area contributed by atoms with E-state index < -0.39 is 4.92 Å². The molecule has 0 amide bonds. The molecule has 0 radical (unpaired) electrons. The first kappa shape index (κ1) is 19.7. The molecule has 2 aromatic rings. The Morgan fingerprint density at radius 1 is 1.25 bits per heavy atom. The molecule has 1 fully saturated rings. The number of nitrogens with zero attached hydrogens (tertiary/aromatic N) is 4. The van der Waals surface area contributed by atoms with Gasteiger partial charge in [-0.05, 0) is 49.4 Å². The summed E-state index contributed by atoms with van der Waals surface area (Å²) in [5, 5.41) is 14.5. The summed E-state index contributed by atoms with van der Waals surface area (Å²) in [6, 6.07) is 7.13. The SMILES string of the molecule is CCOc1ccc(Nc2nc(N3C[C@H](C)C[C@H](C)C3)nc(N)c2[N+](=O)[O-])cc1. The Balaban J connectivity index is 1.93. The van der Waals surface area contributed by atoms with Gasteiger partial charge in [0.05, 0.1) is 11.5 Å². The number of nitrogen functional groups attached to an aromatic ring is 1. The van der Waals surface area contributed by atoms with Crippen LogP contribution in [0.4, 0.5) is 29.0 Å². The molecule has 1 aliphatic rings. The molecule has 28 heavy (non-hydrogen) atoms. The highest BCUT2D eigenvalue weighted by molar-refractivity contribution is 5.74. The first-order valence-corrected chi connectivity index (χ1v) is 9.44. The highest BCUT2D eigenvalue weighted by Gasteiger charge is 2.28. The molecule has 0 unspecified atom stereocenters. The molecule has 0 spiro atoms. The molecular formula is C19H26N6O3. The molecule has 2 heterocycles. The monoisotopic (exact) mass is 386 g/mol. The second kappa shape index (κ2) is 8.28. The van der Waals surface area contributed by atoms with E-state index in [0.717, 1.165) is 25.3 Å². The molecule has 1 aromatic carbocycles. The van der Waals surface area contributed by atoms with Gasteiger partial charge in [0, 0.05) is 18.8 Å². The largest absolute Gasteiger partial charge is 0.494 e. The minimum Gasteiger partial charge on any atom is -0.494 e. The van der Waals surface area contributed by atoms with Crippen LogP contribution in [0.3, 0.4) is 0 Å². The van der Waals surface area contributed by atoms with Crippen molar-refractivity contribution in [2.45, 2.75) is 27.2 Å². The Kier molecular flexibility index (Phi) is 5.81. The van der Waals surface area contributed by atoms with Crippen LogP contribution in [0.25, 0.3) is 0 Å². The third-order valence-corrected chi connectivity index (χ3v) is 4.66. The van der Waals surface area contributed by atoms with Crippen molar-refractivity contribution in [1.29, 1.82) is 0 Å². The second-order valence-electron chi connectivity index (χ2n) is 7.30. The summed E-state index contributed by atoms with van der Waals surface area (Å²) in [7, 11) is 0. The van der Waals surface area contributed by atoms with Crippen LogP contribution in [-0.4, -0.2) is 34.6 Å². The zero-order chi connectivity index (χ0) is 20.3. The maximum Gasteiger partial charge on any atom is 0.353 e. The number of nitrogens with one attached hydrogen (secondary N) is 1. The average molecular weight is 386 g/mol. The van der Waals surface area contributed by atoms with Crippen molar-refractivity contribution >= 4 is 29.0 Å². The van der Waals surface area contributed by atoms with E-state index in [1.54, 1.807) is 24.3 Å². The smallest absolute Gasteiger partial charge is 0.353 e. The minimum absolute atomic E-state index is 0.0857. The summed E-state index contributed by atoms with van der Waals surface area (Å²) in [5.41, 5.74) is 6.26. The summed E-state index contributed by atoms with van der Waals surface area (Å²) < 4.78 is 5.42. The van der Waals surface area contributed by atoms with Crippen molar-refractivity contribution in [3.63, 3.8) is 0 Å². The fraction of sp³-hybridized carbons (Fsp3) is 0.474. The molecule has 0 aliphatic carbocycles. The van der Waals surface area contributed by atoms with Gasteiger partial charge >= 0.3 is 5.69 Å². The highest BCUT2D eigenvalue weighted by Crippen LogP contribution is 2.34. The Labute approximate surface area is 164 Å². The van der Waals surface area contributed by atoms with Crippen molar-refractivity contribution in [3.8, 4) is 5.75 Å². The third-order valence-electron chi connectivity index (χ3n) is 4.66. The maximum absolute atomic E-state index is 11.5. The number of nitrogens with two attached hydrogens (primary N) is 1. The third kappa shape index (κ3) is 4.41. The topological polar surface area (TPSA) is 119 Å². The number of anilines is 4. The second-order valence-corrected chi connectivity index (χ2v) is 7.30. The summed E-state index contributed by atoms with van der Waals surface area (Å²) in [6.07, 6.45) is 1.14. The molecule has 1 aromatic heterocycles. The summed E-state index contributed by atoms with van der Waals surface area (Å²) in [5.74, 6) is 2.06. The van der Waals surface area contributed by atoms with Gasteiger partial charge in [0.15, 0.2) is 0 Å². The number of piperidine rings is 1. The van der Waals surface area contributed by atoms with Crippen molar-refractivity contribution in [2.75, 3.05) is 35.6 Å². The predicted octanol–water partition coefficient (Wildman–Crippen LogP) is 3.59. The number of hydrogen-bond donors (Lipinski definition) is 2. The van der Waals surface area contributed by atoms with Crippen LogP contribution < -0.4 is 20.7 Å². The van der Waals surface area contributed by atoms with E-state index in [4.69, 9.17) is 10.5 Å². The van der Waals surface area contributed by atoms with Gasteiger partial charge in [-0.15, -0.1) is 0 Å². The predicted molar refractivity (Wildman–Crippen MR) is 109 cm³/mol. The van der Waals surface area contributed by atoms with Gasteiger partial charge in [0.1, 0.15) is 5.75 Å². The van der Waals surface area contributed by atoms with Gasteiger partial charge in [-0.3, -0.25) is 10.1 Å². The van der Waals surface area contributed by atoms with Crippen molar-refractivity contribution in [2.24, 2.45) is 11.8 Å². The molecule has 150 valence electrons. The molecule has 0 bridgehead atoms. The molecule has 3 rings (SSSR count). The molecule has 0 saturated carbocycles. The Bertz CT molecular complexity index is 832. The lowest BCUT2D eigenvalue weighted by molar-refractivity contribution is -0.383. The number of hydrogen-bond acceptors (Lipinski definition) is 8. The number of aromatic nitrogens is 2. The van der Waals surface area contributed by atoms with E-state index in [2.05, 4.69) is 29.1 Å². The van der Waals surface area contributed by atoms with Gasteiger partial charge in [-0.2, -0.15) is 9.97 Å². The lowest BCUT2D eigenvalue weighted by Gasteiger charge is -2.35. The maximum atomic E-state index is 11.5. The summed E-state index contributed by atoms with van der Waals surface area (Å²) in [4.78, 5) is 21.7. The van der Waals surface area contributed by atoms with Crippen LogP contribution in [0, 0.1) is 22.0 Å². The molecule has 1 aliphatic heterocycles. The van der Waals surface area contributed by atoms with Gasteiger partial charge < -0.3 is 20.7 Å². The Morgan fingerprint density at radius 2 is 1.89 bits per heavy atom. The molecule has 9 nitrogen and oxygen atoms in total. The van der Waals surface area contributed by atoms with Crippen molar-refractivity contribution in [1.82, 2.24) is 9.97 Å². The van der Waals surface area contributed by atoms with Crippen molar-refractivity contribution in [3.05, 3.63) is 34.4 Å². The van der Waals surface area contributed by atoms with Gasteiger partial charge in [0.2, 0.25) is 17.6 Å². The van der Waals surface area contributed by atoms with Gasteiger partial charge in [-0.1, -0.05) is 13.8 Å². The normalized spacial score (nSPS) is 19.3. The lowest BCUT2D eigenvalue weighted by Crippen LogP contribution is -2.39. The fourth-order valence-corrected chi connectivity index (χ4v) is 3.63. The van der Waals surface area contributed by atoms with E-state index >= 15 is 0 Å². The number of rotatable bonds is 6. The van der Waals surface area contributed by atoms with E-state index in [-0.39, 0.29) is 17.3 Å². The van der Waals surface area contributed by atoms with Crippen LogP contribution in [0.2, 0.25) is 0 Å². The number of benzene rings is 1. The number of ether oxygens (including phenoxy) is 1. The zero-order valence-corrected chi connectivity index (χ0v) is 16.4. The van der Waals surface area contributed by atoms with Crippen LogP contribution >= 0.6 is 0 Å². The first-order chi connectivity index (χ1) is 13.4. The summed E-state index contributed by atoms with van der Waals surface area (Å²) in [6.45, 7) is 8.42. The molecule has 9 heteroatoms. The minimum atomic E-state index is -0.558. The average Bonchev–Trinajstić information content (AvgIpc) is 2.62. The van der Waals surface area contributed by atoms with E-state index in [1.165, 1.54) is 0 Å². The standard InChI is InChI=1S/C19H26N6O3/c1-4-28-15-7-5-14(6-8-15)21-18-16(25(26)27)17(20)22-19(23-18)24-10-12(2)9-13(3)11-24/h5-8,12-13H,4,9-11H2,1-3H3,(H3,20,21,22,23)/t12-,13+. The zero-order valence-electron chi connectivity index (χ0n) is 16.4. The Hall–Kier alpha value is -3.10. The molecule has 2 atom stereocenters. The van der Waals surface area contributed by atoms with E-state index in [1.807, 2.05) is 11.8 Å². The van der Waals surface area contributed by atoms with Gasteiger partial charge in [0.25, 0.3) is 0 Å². The summed E-state index contributed by atoms with van der Waals surface area (Å²) >= 11 is 0. The van der Waals surface area contributed by atoms with Crippen LogP contribution in [0.5, 0.6) is 5.75 Å². The molecular weight excluding hydrogens is 360 g/mol. The molecule has 3 N–H and O–H groups in total. The first-order valence-electron chi connectivity index (χ1n) is 9.44. The van der Waals surface area contributed by atoms with Crippen LogP contribution in [0.15, 0.2) is 24.3 Å². The quantitative estimate of drug-likeness (QED) is 0.571. The van der Waals surface area contributed by atoms with Gasteiger partial charge in [-0.25, -0.2) is 0 Å². The van der Waals surface area contributed by atoms with Crippen LogP contribution in [0.1, 0.15) is 27.2 Å². The lowest BCUT2D eigenvalue weighted by atomic mass is 9.92. The van der Waals surface area contributed by atoms with Crippen LogP contribution in [-0.2, 0) is 0 Å². The fourth-order valence-electron chi connectivity index (χ4n) is 3.63. The highest BCUT2D eigenvalue weighted by atomic mass is 16.6. The van der Waals surface area contributed by atoms with Crippen molar-refractivity contribution < 1.29 is 9.66 Å². The number of nitro groups is 1. The van der Waals surface area contributed by atoms with E-state index in [9.17, 15) is 10.1 Å².